The maximum atomic E-state index is 5.72. The van der Waals surface area contributed by atoms with Crippen molar-refractivity contribution in [3.05, 3.63) is 28.7 Å². The number of halogens is 1. The Kier molecular flexibility index (Phi) is 8.96. The van der Waals surface area contributed by atoms with Gasteiger partial charge in [0.2, 0.25) is 0 Å². The minimum atomic E-state index is 0.817. The van der Waals surface area contributed by atoms with Crippen LogP contribution < -0.4 is 10.1 Å². The Hall–Kier alpha value is -0.540. The van der Waals surface area contributed by atoms with Gasteiger partial charge in [0.05, 0.1) is 24.2 Å². The van der Waals surface area contributed by atoms with Gasteiger partial charge in [0, 0.05) is 0 Å². The smallest absolute Gasteiger partial charge is 0.133 e. The second kappa shape index (κ2) is 10.4. The summed E-state index contributed by atoms with van der Waals surface area (Å²) in [5, 5.41) is 2.43. The molecule has 1 aromatic carbocycles. The van der Waals surface area contributed by atoms with Crippen molar-refractivity contribution in [1.29, 1.82) is 0 Å². The Bertz CT molecular complexity index is 317. The molecule has 0 amide bonds. The van der Waals surface area contributed by atoms with E-state index >= 15 is 0 Å². The number of unbranched alkanes of at least 4 members (excludes halogenated alkanes) is 3. The Morgan fingerprint density at radius 3 is 2.61 bits per heavy atom. The summed E-state index contributed by atoms with van der Waals surface area (Å²) in [5.41, 5.74) is 0. The first-order chi connectivity index (χ1) is 8.84. The zero-order valence-corrected chi connectivity index (χ0v) is 12.9. The van der Waals surface area contributed by atoms with Gasteiger partial charge in [0.15, 0.2) is 0 Å². The van der Waals surface area contributed by atoms with Crippen molar-refractivity contribution in [2.75, 3.05) is 19.7 Å². The molecular formula is C15H25BrNO+. The van der Waals surface area contributed by atoms with Gasteiger partial charge in [-0.15, -0.1) is 0 Å². The van der Waals surface area contributed by atoms with Crippen molar-refractivity contribution in [1.82, 2.24) is 0 Å². The average molecular weight is 315 g/mol. The molecule has 0 bridgehead atoms. The van der Waals surface area contributed by atoms with E-state index in [1.54, 1.807) is 0 Å². The van der Waals surface area contributed by atoms with Crippen LogP contribution in [-0.4, -0.2) is 19.7 Å². The molecule has 0 aliphatic carbocycles. The molecule has 1 rings (SSSR count). The first-order valence-electron chi connectivity index (χ1n) is 7.03. The lowest BCUT2D eigenvalue weighted by atomic mass is 10.2. The number of quaternary nitrogens is 1. The maximum Gasteiger partial charge on any atom is 0.133 e. The van der Waals surface area contributed by atoms with E-state index in [-0.39, 0.29) is 0 Å². The molecule has 0 aromatic heterocycles. The molecule has 0 unspecified atom stereocenters. The fourth-order valence-electron chi connectivity index (χ4n) is 1.80. The molecular weight excluding hydrogens is 290 g/mol. The number of ether oxygens (including phenoxy) is 1. The molecule has 0 radical (unpaired) electrons. The highest BCUT2D eigenvalue weighted by Gasteiger charge is 1.98. The topological polar surface area (TPSA) is 25.8 Å². The fraction of sp³-hybridized carbons (Fsp3) is 0.600. The Labute approximate surface area is 119 Å². The minimum absolute atomic E-state index is 0.817. The lowest BCUT2D eigenvalue weighted by Gasteiger charge is -2.07. The molecule has 102 valence electrons. The van der Waals surface area contributed by atoms with Crippen LogP contribution in [0.5, 0.6) is 5.75 Å². The van der Waals surface area contributed by atoms with Crippen LogP contribution in [0, 0.1) is 0 Å². The minimum Gasteiger partial charge on any atom is -0.492 e. The third kappa shape index (κ3) is 7.02. The lowest BCUT2D eigenvalue weighted by Crippen LogP contribution is -2.84. The van der Waals surface area contributed by atoms with Crippen LogP contribution in [0.3, 0.4) is 0 Å². The van der Waals surface area contributed by atoms with Gasteiger partial charge in [-0.3, -0.25) is 0 Å². The number of nitrogens with two attached hydrogens (primary N) is 1. The molecule has 0 aliphatic rings. The van der Waals surface area contributed by atoms with E-state index in [4.69, 9.17) is 4.74 Å². The number of hydrogen-bond donors (Lipinski definition) is 1. The van der Waals surface area contributed by atoms with E-state index < -0.39 is 0 Å². The molecule has 1 aromatic rings. The van der Waals surface area contributed by atoms with Gasteiger partial charge in [0.1, 0.15) is 5.75 Å². The van der Waals surface area contributed by atoms with Crippen LogP contribution >= 0.6 is 15.9 Å². The van der Waals surface area contributed by atoms with Crippen LogP contribution in [0.25, 0.3) is 0 Å². The van der Waals surface area contributed by atoms with Crippen LogP contribution in [0.1, 0.15) is 39.0 Å². The van der Waals surface area contributed by atoms with Crippen molar-refractivity contribution in [2.45, 2.75) is 39.0 Å². The molecule has 0 fully saturated rings. The summed E-state index contributed by atoms with van der Waals surface area (Å²) in [6.45, 7) is 5.60. The molecule has 0 atom stereocenters. The average Bonchev–Trinajstić information content (AvgIpc) is 2.39. The van der Waals surface area contributed by atoms with Gasteiger partial charge in [-0.05, 0) is 53.7 Å². The second-order valence-corrected chi connectivity index (χ2v) is 5.41. The van der Waals surface area contributed by atoms with Crippen LogP contribution in [0.15, 0.2) is 28.7 Å². The predicted octanol–water partition coefficient (Wildman–Crippen LogP) is 3.36. The third-order valence-electron chi connectivity index (χ3n) is 2.91. The van der Waals surface area contributed by atoms with Crippen LogP contribution in [0.2, 0.25) is 0 Å². The van der Waals surface area contributed by atoms with Crippen LogP contribution in [0.4, 0.5) is 0 Å². The van der Waals surface area contributed by atoms with E-state index in [1.165, 1.54) is 38.8 Å². The fourth-order valence-corrected chi connectivity index (χ4v) is 2.20. The molecule has 2 nitrogen and oxygen atoms in total. The Balaban J connectivity index is 1.94. The standard InChI is InChI=1S/C15H24BrNO/c1-2-3-11-17-12-7-4-8-13-18-15-10-6-5-9-14(15)16/h5-6,9-10,17H,2-4,7-8,11-13H2,1H3/p+1. The first-order valence-corrected chi connectivity index (χ1v) is 7.83. The van der Waals surface area contributed by atoms with Crippen molar-refractivity contribution in [3.63, 3.8) is 0 Å². The summed E-state index contributed by atoms with van der Waals surface area (Å²) >= 11 is 3.48. The van der Waals surface area contributed by atoms with Gasteiger partial charge in [0.25, 0.3) is 0 Å². The quantitative estimate of drug-likeness (QED) is 0.658. The monoisotopic (exact) mass is 314 g/mol. The summed E-state index contributed by atoms with van der Waals surface area (Å²) < 4.78 is 6.76. The highest BCUT2D eigenvalue weighted by Crippen LogP contribution is 2.23. The highest BCUT2D eigenvalue weighted by atomic mass is 79.9. The van der Waals surface area contributed by atoms with Gasteiger partial charge < -0.3 is 10.1 Å². The number of para-hydroxylation sites is 1. The van der Waals surface area contributed by atoms with Gasteiger partial charge in [-0.25, -0.2) is 0 Å². The third-order valence-corrected chi connectivity index (χ3v) is 3.56. The highest BCUT2D eigenvalue weighted by molar-refractivity contribution is 9.10. The molecule has 0 saturated carbocycles. The Morgan fingerprint density at radius 1 is 1.06 bits per heavy atom. The van der Waals surface area contributed by atoms with E-state index in [0.29, 0.717) is 0 Å². The normalized spacial score (nSPS) is 10.6. The van der Waals surface area contributed by atoms with Gasteiger partial charge in [-0.1, -0.05) is 25.5 Å². The molecule has 0 heterocycles. The number of benzene rings is 1. The van der Waals surface area contributed by atoms with Crippen molar-refractivity contribution in [2.24, 2.45) is 0 Å². The van der Waals surface area contributed by atoms with Crippen LogP contribution in [-0.2, 0) is 0 Å². The molecule has 3 heteroatoms. The SMILES string of the molecule is CCCC[NH2+]CCCCCOc1ccccc1Br. The van der Waals surface area contributed by atoms with Gasteiger partial charge in [-0.2, -0.15) is 0 Å². The van der Waals surface area contributed by atoms with E-state index in [9.17, 15) is 0 Å². The first kappa shape index (κ1) is 15.5. The van der Waals surface area contributed by atoms with Crippen molar-refractivity contribution in [3.8, 4) is 5.75 Å². The zero-order chi connectivity index (χ0) is 13.1. The largest absolute Gasteiger partial charge is 0.492 e. The summed E-state index contributed by atoms with van der Waals surface area (Å²) in [4.78, 5) is 0. The lowest BCUT2D eigenvalue weighted by molar-refractivity contribution is -0.655. The molecule has 18 heavy (non-hydrogen) atoms. The molecule has 0 aliphatic heterocycles. The van der Waals surface area contributed by atoms with E-state index in [1.807, 2.05) is 24.3 Å². The summed E-state index contributed by atoms with van der Waals surface area (Å²) in [7, 11) is 0. The second-order valence-electron chi connectivity index (χ2n) is 4.56. The summed E-state index contributed by atoms with van der Waals surface area (Å²) in [6.07, 6.45) is 6.33. The molecule has 2 N–H and O–H groups in total. The zero-order valence-electron chi connectivity index (χ0n) is 11.3. The predicted molar refractivity (Wildman–Crippen MR) is 80.1 cm³/mol. The molecule has 0 saturated heterocycles. The van der Waals surface area contributed by atoms with Crippen molar-refractivity contribution >= 4 is 15.9 Å². The number of rotatable bonds is 10. The maximum absolute atomic E-state index is 5.72. The summed E-state index contributed by atoms with van der Waals surface area (Å²) in [5.74, 6) is 0.951. The molecule has 0 spiro atoms. The number of hydrogen-bond acceptors (Lipinski definition) is 1. The van der Waals surface area contributed by atoms with E-state index in [0.717, 1.165) is 23.2 Å². The van der Waals surface area contributed by atoms with Crippen molar-refractivity contribution < 1.29 is 10.1 Å². The summed E-state index contributed by atoms with van der Waals surface area (Å²) in [6, 6.07) is 8.02. The Morgan fingerprint density at radius 2 is 1.83 bits per heavy atom. The van der Waals surface area contributed by atoms with Gasteiger partial charge >= 0.3 is 0 Å². The van der Waals surface area contributed by atoms with E-state index in [2.05, 4.69) is 28.2 Å².